The van der Waals surface area contributed by atoms with Crippen molar-refractivity contribution in [3.63, 3.8) is 0 Å². The maximum Gasteiger partial charge on any atom is 0.356 e. The molecule has 9 heteroatoms. The third-order valence-corrected chi connectivity index (χ3v) is 4.66. The number of nitrogens with zero attached hydrogens (tertiary/aromatic N) is 1. The maximum atomic E-state index is 12.4. The highest BCUT2D eigenvalue weighted by Crippen LogP contribution is 2.41. The number of hydrogen-bond acceptors (Lipinski definition) is 6. The summed E-state index contributed by atoms with van der Waals surface area (Å²) >= 11 is 6.81. The average molecular weight is 361 g/mol. The van der Waals surface area contributed by atoms with Gasteiger partial charge in [-0.3, -0.25) is 19.3 Å². The molecular formula is C14H17ClN2O5S. The SMILES string of the molecule is CC(=O)NC1C(=O)N2C(C(=O)OC(C)(C)C)=C(C(=O)Cl)CS[C@H]12. The van der Waals surface area contributed by atoms with Crippen LogP contribution in [-0.2, 0) is 23.9 Å². The average Bonchev–Trinajstić information content (AvgIpc) is 2.40. The summed E-state index contributed by atoms with van der Waals surface area (Å²) in [6, 6.07) is -0.720. The number of amides is 2. The van der Waals surface area contributed by atoms with E-state index in [2.05, 4.69) is 5.32 Å². The first kappa shape index (κ1) is 17.8. The van der Waals surface area contributed by atoms with Crippen molar-refractivity contribution in [2.75, 3.05) is 5.75 Å². The third kappa shape index (κ3) is 3.53. The molecule has 2 heterocycles. The van der Waals surface area contributed by atoms with E-state index in [-0.39, 0.29) is 22.9 Å². The summed E-state index contributed by atoms with van der Waals surface area (Å²) in [6.45, 7) is 6.35. The fourth-order valence-corrected chi connectivity index (χ4v) is 3.88. The maximum absolute atomic E-state index is 12.4. The van der Waals surface area contributed by atoms with E-state index in [0.29, 0.717) is 0 Å². The molecule has 2 atom stereocenters. The zero-order valence-corrected chi connectivity index (χ0v) is 14.7. The fraction of sp³-hybridized carbons (Fsp3) is 0.571. The molecule has 0 aromatic carbocycles. The summed E-state index contributed by atoms with van der Waals surface area (Å²) in [5.74, 6) is -1.41. The molecule has 2 aliphatic rings. The molecule has 126 valence electrons. The van der Waals surface area contributed by atoms with E-state index in [9.17, 15) is 19.2 Å². The van der Waals surface area contributed by atoms with Gasteiger partial charge in [-0.05, 0) is 32.4 Å². The van der Waals surface area contributed by atoms with Gasteiger partial charge in [0.05, 0.1) is 5.57 Å². The van der Waals surface area contributed by atoms with Crippen LogP contribution in [0.25, 0.3) is 0 Å². The van der Waals surface area contributed by atoms with Crippen LogP contribution >= 0.6 is 23.4 Å². The number of fused-ring (bicyclic) bond motifs is 1. The van der Waals surface area contributed by atoms with Gasteiger partial charge < -0.3 is 10.1 Å². The van der Waals surface area contributed by atoms with Gasteiger partial charge in [-0.15, -0.1) is 11.8 Å². The number of hydrogen-bond donors (Lipinski definition) is 1. The standard InChI is InChI=1S/C14H17ClN2O5S/c1-6(18)16-8-11(20)17-9(13(21)22-14(2,3)4)7(10(15)19)5-23-12(8)17/h8,12H,5H2,1-4H3,(H,16,18)/t8?,12-/m1/s1. The fourth-order valence-electron chi connectivity index (χ4n) is 2.30. The molecule has 2 aliphatic heterocycles. The lowest BCUT2D eigenvalue weighted by atomic mass is 10.0. The number of thioether (sulfide) groups is 1. The van der Waals surface area contributed by atoms with Crippen molar-refractivity contribution in [3.05, 3.63) is 11.3 Å². The molecule has 1 unspecified atom stereocenters. The van der Waals surface area contributed by atoms with Crippen LogP contribution < -0.4 is 5.32 Å². The third-order valence-electron chi connectivity index (χ3n) is 3.16. The van der Waals surface area contributed by atoms with Crippen LogP contribution in [0.4, 0.5) is 0 Å². The summed E-state index contributed by atoms with van der Waals surface area (Å²) in [5, 5.41) is 1.29. The van der Waals surface area contributed by atoms with E-state index in [1.807, 2.05) is 0 Å². The van der Waals surface area contributed by atoms with Crippen molar-refractivity contribution in [2.24, 2.45) is 0 Å². The van der Waals surface area contributed by atoms with Crippen LogP contribution in [0.5, 0.6) is 0 Å². The molecule has 0 aromatic heterocycles. The number of carbonyl (C=O) groups excluding carboxylic acids is 4. The molecule has 2 amide bonds. The van der Waals surface area contributed by atoms with E-state index in [1.54, 1.807) is 20.8 Å². The van der Waals surface area contributed by atoms with Crippen LogP contribution in [0.15, 0.2) is 11.3 Å². The zero-order valence-electron chi connectivity index (χ0n) is 13.1. The Morgan fingerprint density at radius 2 is 1.96 bits per heavy atom. The molecule has 23 heavy (non-hydrogen) atoms. The lowest BCUT2D eigenvalue weighted by molar-refractivity contribution is -0.159. The second-order valence-corrected chi connectivity index (χ2v) is 7.64. The molecule has 0 radical (unpaired) electrons. The van der Waals surface area contributed by atoms with Gasteiger partial charge in [-0.25, -0.2) is 4.79 Å². The first-order chi connectivity index (χ1) is 10.5. The normalized spacial score (nSPS) is 23.9. The number of esters is 1. The molecule has 2 rings (SSSR count). The van der Waals surface area contributed by atoms with Gasteiger partial charge in [0.1, 0.15) is 22.7 Å². The van der Waals surface area contributed by atoms with Crippen molar-refractivity contribution >= 4 is 46.4 Å². The Morgan fingerprint density at radius 1 is 1.35 bits per heavy atom. The molecule has 0 spiro atoms. The van der Waals surface area contributed by atoms with Crippen LogP contribution in [-0.4, -0.2) is 50.7 Å². The molecule has 1 N–H and O–H groups in total. The number of rotatable bonds is 3. The Labute approximate surface area is 142 Å². The quantitative estimate of drug-likeness (QED) is 0.454. The molecule has 0 bridgehead atoms. The lowest BCUT2D eigenvalue weighted by Crippen LogP contribution is -2.70. The summed E-state index contributed by atoms with van der Waals surface area (Å²) in [5.41, 5.74) is -0.873. The molecule has 7 nitrogen and oxygen atoms in total. The van der Waals surface area contributed by atoms with Gasteiger partial charge >= 0.3 is 5.97 Å². The molecule has 1 fully saturated rings. The lowest BCUT2D eigenvalue weighted by Gasteiger charge is -2.49. The first-order valence-corrected chi connectivity index (χ1v) is 8.33. The van der Waals surface area contributed by atoms with Gasteiger partial charge in [0, 0.05) is 12.7 Å². The molecule has 1 saturated heterocycles. The summed E-state index contributed by atoms with van der Waals surface area (Å²) in [6.07, 6.45) is 0. The van der Waals surface area contributed by atoms with E-state index < -0.39 is 34.1 Å². The Morgan fingerprint density at radius 3 is 2.43 bits per heavy atom. The highest BCUT2D eigenvalue weighted by Gasteiger charge is 2.55. The van der Waals surface area contributed by atoms with Crippen molar-refractivity contribution in [1.29, 1.82) is 0 Å². The van der Waals surface area contributed by atoms with Crippen LogP contribution in [0.3, 0.4) is 0 Å². The van der Waals surface area contributed by atoms with Crippen molar-refractivity contribution in [1.82, 2.24) is 10.2 Å². The van der Waals surface area contributed by atoms with Crippen molar-refractivity contribution < 1.29 is 23.9 Å². The van der Waals surface area contributed by atoms with E-state index >= 15 is 0 Å². The second-order valence-electron chi connectivity index (χ2n) is 6.19. The highest BCUT2D eigenvalue weighted by molar-refractivity contribution is 8.00. The second kappa shape index (κ2) is 6.16. The summed E-state index contributed by atoms with van der Waals surface area (Å²) in [4.78, 5) is 48.6. The zero-order chi connectivity index (χ0) is 17.5. The van der Waals surface area contributed by atoms with Crippen LogP contribution in [0.1, 0.15) is 27.7 Å². The number of ether oxygens (including phenoxy) is 1. The first-order valence-electron chi connectivity index (χ1n) is 6.91. The highest BCUT2D eigenvalue weighted by atomic mass is 35.5. The Hall–Kier alpha value is -1.54. The monoisotopic (exact) mass is 360 g/mol. The predicted octanol–water partition coefficient (Wildman–Crippen LogP) is 0.767. The number of β-lactam (4-membered cyclic amide) rings is 1. The molecular weight excluding hydrogens is 344 g/mol. The van der Waals surface area contributed by atoms with Crippen LogP contribution in [0.2, 0.25) is 0 Å². The smallest absolute Gasteiger partial charge is 0.356 e. The van der Waals surface area contributed by atoms with Gasteiger partial charge in [0.15, 0.2) is 0 Å². The topological polar surface area (TPSA) is 92.8 Å². The number of carbonyl (C=O) groups is 4. The Kier molecular flexibility index (Phi) is 4.77. The largest absolute Gasteiger partial charge is 0.455 e. The Balaban J connectivity index is 2.34. The van der Waals surface area contributed by atoms with E-state index in [4.69, 9.17) is 16.3 Å². The van der Waals surface area contributed by atoms with Crippen molar-refractivity contribution in [2.45, 2.75) is 44.7 Å². The minimum absolute atomic E-state index is 0.0387. The van der Waals surface area contributed by atoms with Crippen molar-refractivity contribution in [3.8, 4) is 0 Å². The molecule has 0 aliphatic carbocycles. The summed E-state index contributed by atoms with van der Waals surface area (Å²) < 4.78 is 5.28. The van der Waals surface area contributed by atoms with Gasteiger partial charge in [0.25, 0.3) is 11.1 Å². The minimum atomic E-state index is -0.799. The molecule has 0 aromatic rings. The van der Waals surface area contributed by atoms with Gasteiger partial charge in [-0.2, -0.15) is 0 Å². The summed E-state index contributed by atoms with van der Waals surface area (Å²) in [7, 11) is 0. The van der Waals surface area contributed by atoms with Gasteiger partial charge in [-0.1, -0.05) is 0 Å². The minimum Gasteiger partial charge on any atom is -0.455 e. The predicted molar refractivity (Wildman–Crippen MR) is 84.4 cm³/mol. The van der Waals surface area contributed by atoms with E-state index in [1.165, 1.54) is 23.6 Å². The van der Waals surface area contributed by atoms with E-state index in [0.717, 1.165) is 0 Å². The van der Waals surface area contributed by atoms with Crippen LogP contribution in [0, 0.1) is 0 Å². The number of halogens is 1. The Bertz CT molecular complexity index is 625. The van der Waals surface area contributed by atoms with Gasteiger partial charge in [0.2, 0.25) is 5.91 Å². The molecule has 0 saturated carbocycles. The number of nitrogens with one attached hydrogen (secondary N) is 1.